The molecule has 0 amide bonds. The number of thiazole rings is 1. The number of aromatic carboxylic acids is 1. The third-order valence-electron chi connectivity index (χ3n) is 2.14. The molecule has 2 heterocycles. The van der Waals surface area contributed by atoms with Crippen LogP contribution < -0.4 is 0 Å². The molecule has 0 radical (unpaired) electrons. The van der Waals surface area contributed by atoms with Gasteiger partial charge in [-0.05, 0) is 19.1 Å². The van der Waals surface area contributed by atoms with Crippen molar-refractivity contribution < 1.29 is 19.4 Å². The largest absolute Gasteiger partial charge is 0.475 e. The van der Waals surface area contributed by atoms with Gasteiger partial charge in [0.25, 0.3) is 0 Å². The molecule has 2 aromatic rings. The molecule has 0 fully saturated rings. The van der Waals surface area contributed by atoms with Crippen molar-refractivity contribution in [2.75, 3.05) is 0 Å². The van der Waals surface area contributed by atoms with E-state index in [1.54, 1.807) is 12.4 Å². The van der Waals surface area contributed by atoms with Crippen LogP contribution in [0.15, 0.2) is 22.1 Å². The SMILES string of the molecule is Cc1ncsc1C(O)c1ccc(C(=O)O)o1. The summed E-state index contributed by atoms with van der Waals surface area (Å²) in [5.74, 6) is -1.12. The second-order valence-electron chi connectivity index (χ2n) is 3.21. The molecule has 0 aliphatic heterocycles. The van der Waals surface area contributed by atoms with Gasteiger partial charge in [-0.15, -0.1) is 11.3 Å². The number of aliphatic hydroxyl groups is 1. The number of hydrogen-bond donors (Lipinski definition) is 2. The first-order chi connectivity index (χ1) is 7.59. The third kappa shape index (κ3) is 1.84. The lowest BCUT2D eigenvalue weighted by molar-refractivity contribution is 0.0655. The average molecular weight is 239 g/mol. The molecule has 0 bridgehead atoms. The number of aromatic nitrogens is 1. The summed E-state index contributed by atoms with van der Waals surface area (Å²) in [7, 11) is 0. The van der Waals surface area contributed by atoms with E-state index < -0.39 is 12.1 Å². The van der Waals surface area contributed by atoms with Crippen molar-refractivity contribution in [1.82, 2.24) is 4.98 Å². The summed E-state index contributed by atoms with van der Waals surface area (Å²) in [6.07, 6.45) is -0.958. The van der Waals surface area contributed by atoms with Crippen molar-refractivity contribution in [1.29, 1.82) is 0 Å². The summed E-state index contributed by atoms with van der Waals surface area (Å²) in [6, 6.07) is 2.77. The van der Waals surface area contributed by atoms with Crippen LogP contribution in [0.3, 0.4) is 0 Å². The van der Waals surface area contributed by atoms with Crippen molar-refractivity contribution >= 4 is 17.3 Å². The van der Waals surface area contributed by atoms with E-state index in [2.05, 4.69) is 4.98 Å². The first-order valence-electron chi connectivity index (χ1n) is 4.50. The number of furan rings is 1. The van der Waals surface area contributed by atoms with E-state index >= 15 is 0 Å². The van der Waals surface area contributed by atoms with E-state index in [-0.39, 0.29) is 11.5 Å². The van der Waals surface area contributed by atoms with Crippen molar-refractivity contribution in [3.05, 3.63) is 39.7 Å². The lowest BCUT2D eigenvalue weighted by Gasteiger charge is -2.05. The summed E-state index contributed by atoms with van der Waals surface area (Å²) in [5.41, 5.74) is 2.33. The van der Waals surface area contributed by atoms with E-state index in [9.17, 15) is 9.90 Å². The Labute approximate surface area is 95.0 Å². The number of aliphatic hydroxyl groups excluding tert-OH is 1. The van der Waals surface area contributed by atoms with Crippen LogP contribution in [0, 0.1) is 6.92 Å². The van der Waals surface area contributed by atoms with Gasteiger partial charge in [0.2, 0.25) is 5.76 Å². The molecule has 6 heteroatoms. The fraction of sp³-hybridized carbons (Fsp3) is 0.200. The zero-order valence-electron chi connectivity index (χ0n) is 8.38. The first kappa shape index (κ1) is 10.8. The molecule has 0 aromatic carbocycles. The van der Waals surface area contributed by atoms with Crippen molar-refractivity contribution in [2.24, 2.45) is 0 Å². The van der Waals surface area contributed by atoms with Crippen LogP contribution in [-0.4, -0.2) is 21.2 Å². The van der Waals surface area contributed by atoms with Crippen molar-refractivity contribution in [2.45, 2.75) is 13.0 Å². The molecule has 84 valence electrons. The van der Waals surface area contributed by atoms with Crippen LogP contribution in [0.5, 0.6) is 0 Å². The van der Waals surface area contributed by atoms with E-state index in [0.717, 1.165) is 0 Å². The minimum atomic E-state index is -1.15. The Bertz CT molecular complexity index is 516. The fourth-order valence-corrected chi connectivity index (χ4v) is 2.11. The van der Waals surface area contributed by atoms with Gasteiger partial charge in [0, 0.05) is 0 Å². The van der Waals surface area contributed by atoms with Crippen LogP contribution in [0.25, 0.3) is 0 Å². The van der Waals surface area contributed by atoms with Crippen molar-refractivity contribution in [3.63, 3.8) is 0 Å². The molecule has 2 aromatic heterocycles. The highest BCUT2D eigenvalue weighted by Crippen LogP contribution is 2.28. The Morgan fingerprint density at radius 2 is 2.31 bits per heavy atom. The van der Waals surface area contributed by atoms with Gasteiger partial charge in [-0.25, -0.2) is 9.78 Å². The number of carboxylic acid groups (broad SMARTS) is 1. The summed E-state index contributed by atoms with van der Waals surface area (Å²) in [6.45, 7) is 1.77. The predicted molar refractivity (Wildman–Crippen MR) is 56.6 cm³/mol. The Kier molecular flexibility index (Phi) is 2.76. The molecule has 0 saturated heterocycles. The maximum Gasteiger partial charge on any atom is 0.371 e. The van der Waals surface area contributed by atoms with E-state index in [1.165, 1.54) is 23.5 Å². The highest BCUT2D eigenvalue weighted by molar-refractivity contribution is 7.09. The number of carbonyl (C=O) groups is 1. The zero-order valence-corrected chi connectivity index (χ0v) is 9.19. The quantitative estimate of drug-likeness (QED) is 0.853. The highest BCUT2D eigenvalue weighted by atomic mass is 32.1. The lowest BCUT2D eigenvalue weighted by Crippen LogP contribution is -1.98. The van der Waals surface area contributed by atoms with Gasteiger partial charge in [-0.2, -0.15) is 0 Å². The second kappa shape index (κ2) is 4.07. The van der Waals surface area contributed by atoms with E-state index in [0.29, 0.717) is 10.6 Å². The number of hydrogen-bond acceptors (Lipinski definition) is 5. The standard InChI is InChI=1S/C10H9NO4S/c1-5-9(16-4-11-5)8(12)6-2-3-7(15-6)10(13)14/h2-4,8,12H,1H3,(H,13,14). The van der Waals surface area contributed by atoms with Crippen LogP contribution in [0.2, 0.25) is 0 Å². The van der Waals surface area contributed by atoms with E-state index in [1.807, 2.05) is 0 Å². The molecule has 1 unspecified atom stereocenters. The first-order valence-corrected chi connectivity index (χ1v) is 5.38. The molecule has 0 saturated carbocycles. The minimum absolute atomic E-state index is 0.184. The Morgan fingerprint density at radius 3 is 2.81 bits per heavy atom. The van der Waals surface area contributed by atoms with Gasteiger partial charge < -0.3 is 14.6 Å². The molecule has 1 atom stereocenters. The predicted octanol–water partition coefficient (Wildman–Crippen LogP) is 1.82. The van der Waals surface area contributed by atoms with Gasteiger partial charge in [-0.3, -0.25) is 0 Å². The fourth-order valence-electron chi connectivity index (χ4n) is 1.32. The molecule has 16 heavy (non-hydrogen) atoms. The Hall–Kier alpha value is -1.66. The third-order valence-corrected chi connectivity index (χ3v) is 3.12. The monoisotopic (exact) mass is 239 g/mol. The minimum Gasteiger partial charge on any atom is -0.475 e. The smallest absolute Gasteiger partial charge is 0.371 e. The number of rotatable bonds is 3. The molecular formula is C10H9NO4S. The number of carboxylic acids is 1. The van der Waals surface area contributed by atoms with Crippen LogP contribution in [0.1, 0.15) is 33.0 Å². The molecule has 5 nitrogen and oxygen atoms in total. The summed E-state index contributed by atoms with van der Waals surface area (Å²) < 4.78 is 5.02. The Balaban J connectivity index is 2.31. The molecule has 0 aliphatic carbocycles. The molecule has 2 rings (SSSR count). The molecule has 0 aliphatic rings. The lowest BCUT2D eigenvalue weighted by atomic mass is 10.2. The zero-order chi connectivity index (χ0) is 11.7. The van der Waals surface area contributed by atoms with Crippen LogP contribution in [-0.2, 0) is 0 Å². The van der Waals surface area contributed by atoms with Gasteiger partial charge in [0.1, 0.15) is 11.9 Å². The highest BCUT2D eigenvalue weighted by Gasteiger charge is 2.20. The average Bonchev–Trinajstić information content (AvgIpc) is 2.84. The van der Waals surface area contributed by atoms with E-state index in [4.69, 9.17) is 9.52 Å². The number of nitrogens with zero attached hydrogens (tertiary/aromatic N) is 1. The van der Waals surface area contributed by atoms with Crippen molar-refractivity contribution in [3.8, 4) is 0 Å². The maximum atomic E-state index is 10.6. The van der Waals surface area contributed by atoms with Gasteiger partial charge in [-0.1, -0.05) is 0 Å². The van der Waals surface area contributed by atoms with Gasteiger partial charge in [0.05, 0.1) is 16.1 Å². The van der Waals surface area contributed by atoms with Gasteiger partial charge in [0.15, 0.2) is 0 Å². The molecule has 2 N–H and O–H groups in total. The normalized spacial score (nSPS) is 12.6. The number of aryl methyl sites for hydroxylation is 1. The Morgan fingerprint density at radius 1 is 1.56 bits per heavy atom. The maximum absolute atomic E-state index is 10.6. The molecule has 0 spiro atoms. The summed E-state index contributed by atoms with van der Waals surface area (Å²) in [5, 5.41) is 18.6. The topological polar surface area (TPSA) is 83.6 Å². The van der Waals surface area contributed by atoms with Crippen LogP contribution in [0.4, 0.5) is 0 Å². The van der Waals surface area contributed by atoms with Crippen LogP contribution >= 0.6 is 11.3 Å². The van der Waals surface area contributed by atoms with Gasteiger partial charge >= 0.3 is 5.97 Å². The second-order valence-corrected chi connectivity index (χ2v) is 4.10. The summed E-state index contributed by atoms with van der Waals surface area (Å²) >= 11 is 1.30. The summed E-state index contributed by atoms with van der Waals surface area (Å²) in [4.78, 5) is 15.3. The molecular weight excluding hydrogens is 230 g/mol.